The zero-order valence-corrected chi connectivity index (χ0v) is 16.5. The molecular weight excluding hydrogens is 376 g/mol. The fourth-order valence-electron chi connectivity index (χ4n) is 3.01. The number of ether oxygens (including phenoxy) is 1. The summed E-state index contributed by atoms with van der Waals surface area (Å²) in [7, 11) is 0. The van der Waals surface area contributed by atoms with E-state index in [-0.39, 0.29) is 12.4 Å². The van der Waals surface area contributed by atoms with Gasteiger partial charge in [-0.05, 0) is 18.4 Å². The number of nitrogens with zero attached hydrogens (tertiary/aromatic N) is 2. The molecule has 0 aliphatic carbocycles. The van der Waals surface area contributed by atoms with Gasteiger partial charge in [0.25, 0.3) is 0 Å². The summed E-state index contributed by atoms with van der Waals surface area (Å²) in [5.41, 5.74) is 2.82. The normalized spacial score (nSPS) is 11.1. The van der Waals surface area contributed by atoms with E-state index in [1.807, 2.05) is 23.6 Å². The summed E-state index contributed by atoms with van der Waals surface area (Å²) in [6.07, 6.45) is 0.224. The van der Waals surface area contributed by atoms with Crippen LogP contribution < -0.4 is 0 Å². The van der Waals surface area contributed by atoms with Crippen molar-refractivity contribution in [1.29, 1.82) is 0 Å². The highest BCUT2D eigenvalue weighted by atomic mass is 32.2. The molecule has 2 heterocycles. The fourth-order valence-corrected chi connectivity index (χ4v) is 4.81. The van der Waals surface area contributed by atoms with E-state index in [9.17, 15) is 4.79 Å². The van der Waals surface area contributed by atoms with Gasteiger partial charge in [0.05, 0.1) is 29.9 Å². The minimum Gasteiger partial charge on any atom is -0.466 e. The molecule has 0 N–H and O–H groups in total. The van der Waals surface area contributed by atoms with Crippen molar-refractivity contribution < 1.29 is 9.53 Å². The minimum absolute atomic E-state index is 0.224. The van der Waals surface area contributed by atoms with E-state index in [1.165, 1.54) is 16.2 Å². The van der Waals surface area contributed by atoms with E-state index in [4.69, 9.17) is 9.72 Å². The Morgan fingerprint density at radius 1 is 1.04 bits per heavy atom. The van der Waals surface area contributed by atoms with Gasteiger partial charge < -0.3 is 4.74 Å². The quantitative estimate of drug-likeness (QED) is 0.254. The lowest BCUT2D eigenvalue weighted by atomic mass is 10.0. The van der Waals surface area contributed by atoms with Crippen molar-refractivity contribution in [2.24, 2.45) is 0 Å². The van der Waals surface area contributed by atoms with Crippen LogP contribution in [0.1, 0.15) is 18.3 Å². The molecule has 2 aromatic carbocycles. The van der Waals surface area contributed by atoms with Crippen molar-refractivity contribution in [1.82, 2.24) is 9.97 Å². The van der Waals surface area contributed by atoms with Crippen LogP contribution in [0.15, 0.2) is 58.3 Å². The van der Waals surface area contributed by atoms with Crippen LogP contribution in [0, 0.1) is 0 Å². The van der Waals surface area contributed by atoms with Crippen molar-refractivity contribution in [3.8, 4) is 0 Å². The Balaban J connectivity index is 1.57. The van der Waals surface area contributed by atoms with Gasteiger partial charge in [-0.3, -0.25) is 9.78 Å². The number of hydrogen-bond acceptors (Lipinski definition) is 6. The third kappa shape index (κ3) is 3.96. The largest absolute Gasteiger partial charge is 0.466 e. The lowest BCUT2D eigenvalue weighted by molar-refractivity contribution is -0.142. The van der Waals surface area contributed by atoms with E-state index in [2.05, 4.69) is 35.3 Å². The van der Waals surface area contributed by atoms with Crippen LogP contribution >= 0.6 is 23.1 Å². The summed E-state index contributed by atoms with van der Waals surface area (Å²) in [6.45, 7) is 2.20. The van der Waals surface area contributed by atoms with Gasteiger partial charge in [0.1, 0.15) is 0 Å². The fraction of sp³-hybridized carbons (Fsp3) is 0.190. The molecule has 6 heteroatoms. The molecule has 0 amide bonds. The van der Waals surface area contributed by atoms with Crippen LogP contribution in [0.25, 0.3) is 21.7 Å². The number of hydrogen-bond donors (Lipinski definition) is 0. The number of thioether (sulfide) groups is 1. The number of carbonyl (C=O) groups excluding carboxylic acids is 1. The summed E-state index contributed by atoms with van der Waals surface area (Å²) < 4.78 is 5.92. The van der Waals surface area contributed by atoms with Crippen LogP contribution in [-0.2, 0) is 21.7 Å². The summed E-state index contributed by atoms with van der Waals surface area (Å²) in [5, 5.41) is 5.49. The molecule has 0 aliphatic heterocycles. The van der Waals surface area contributed by atoms with E-state index in [0.29, 0.717) is 6.61 Å². The Labute approximate surface area is 165 Å². The second-order valence-corrected chi connectivity index (χ2v) is 8.08. The first-order valence-electron chi connectivity index (χ1n) is 8.74. The molecule has 0 saturated heterocycles. The maximum absolute atomic E-state index is 11.6. The number of fused-ring (bicyclic) bond motifs is 3. The highest BCUT2D eigenvalue weighted by Gasteiger charge is 2.11. The van der Waals surface area contributed by atoms with E-state index in [1.54, 1.807) is 30.0 Å². The highest BCUT2D eigenvalue weighted by molar-refractivity contribution is 8.00. The zero-order valence-electron chi connectivity index (χ0n) is 14.8. The lowest BCUT2D eigenvalue weighted by Gasteiger charge is -2.08. The molecule has 2 aromatic heterocycles. The first-order chi connectivity index (χ1) is 13.2. The summed E-state index contributed by atoms with van der Waals surface area (Å²) in [6, 6.07) is 16.6. The number of carbonyl (C=O) groups is 1. The van der Waals surface area contributed by atoms with Gasteiger partial charge in [0.15, 0.2) is 4.34 Å². The highest BCUT2D eigenvalue weighted by Crippen LogP contribution is 2.31. The van der Waals surface area contributed by atoms with Crippen molar-refractivity contribution in [2.75, 3.05) is 6.61 Å². The van der Waals surface area contributed by atoms with Crippen molar-refractivity contribution in [2.45, 2.75) is 23.4 Å². The molecule has 0 bridgehead atoms. The zero-order chi connectivity index (χ0) is 18.6. The van der Waals surface area contributed by atoms with E-state index < -0.39 is 0 Å². The van der Waals surface area contributed by atoms with E-state index >= 15 is 0 Å². The third-order valence-corrected chi connectivity index (χ3v) is 6.26. The molecule has 4 aromatic rings. The Morgan fingerprint density at radius 3 is 2.59 bits per heavy atom. The van der Waals surface area contributed by atoms with Gasteiger partial charge in [-0.2, -0.15) is 0 Å². The number of pyridine rings is 1. The monoisotopic (exact) mass is 394 g/mol. The molecule has 0 saturated carbocycles. The molecule has 4 nitrogen and oxygen atoms in total. The average molecular weight is 395 g/mol. The number of para-hydroxylation sites is 1. The number of rotatable bonds is 6. The SMILES string of the molecule is CCOC(=O)Cc1csc(SCc2nc3ccccc3c3ccccc23)n1. The molecule has 0 atom stereocenters. The molecule has 0 unspecified atom stereocenters. The summed E-state index contributed by atoms with van der Waals surface area (Å²) in [4.78, 5) is 21.0. The van der Waals surface area contributed by atoms with Crippen LogP contribution in [-0.4, -0.2) is 22.5 Å². The standard InChI is InChI=1S/C21H18N2O2S2/c1-2-25-20(24)11-14-12-26-21(22-14)27-13-19-17-9-4-3-7-15(17)16-8-5-6-10-18(16)23-19/h3-10,12H,2,11,13H2,1H3. The minimum atomic E-state index is -0.235. The van der Waals surface area contributed by atoms with Crippen molar-refractivity contribution in [3.63, 3.8) is 0 Å². The predicted molar refractivity (Wildman–Crippen MR) is 111 cm³/mol. The smallest absolute Gasteiger partial charge is 0.311 e. The van der Waals surface area contributed by atoms with Crippen molar-refractivity contribution in [3.05, 3.63) is 65.3 Å². The topological polar surface area (TPSA) is 52.1 Å². The van der Waals surface area contributed by atoms with Gasteiger partial charge in [-0.15, -0.1) is 11.3 Å². The second-order valence-electron chi connectivity index (χ2n) is 6.00. The number of aromatic nitrogens is 2. The van der Waals surface area contributed by atoms with Crippen LogP contribution in [0.2, 0.25) is 0 Å². The summed E-state index contributed by atoms with van der Waals surface area (Å²) in [5.74, 6) is 0.499. The Hall–Kier alpha value is -2.44. The van der Waals surface area contributed by atoms with Gasteiger partial charge >= 0.3 is 5.97 Å². The first kappa shape index (κ1) is 17.9. The molecule has 0 radical (unpaired) electrons. The maximum Gasteiger partial charge on any atom is 0.311 e. The van der Waals surface area contributed by atoms with Gasteiger partial charge in [0, 0.05) is 21.9 Å². The Bertz CT molecular complexity index is 1110. The molecule has 0 aliphatic rings. The van der Waals surface area contributed by atoms with Gasteiger partial charge in [0.2, 0.25) is 0 Å². The van der Waals surface area contributed by atoms with Crippen LogP contribution in [0.3, 0.4) is 0 Å². The molecular formula is C21H18N2O2S2. The molecule has 27 heavy (non-hydrogen) atoms. The molecule has 0 spiro atoms. The van der Waals surface area contributed by atoms with Crippen molar-refractivity contribution >= 4 is 50.7 Å². The first-order valence-corrected chi connectivity index (χ1v) is 10.6. The number of thiazole rings is 1. The van der Waals surface area contributed by atoms with Crippen LogP contribution in [0.4, 0.5) is 0 Å². The lowest BCUT2D eigenvalue weighted by Crippen LogP contribution is -2.07. The molecule has 0 fully saturated rings. The van der Waals surface area contributed by atoms with E-state index in [0.717, 1.165) is 27.0 Å². The maximum atomic E-state index is 11.6. The molecule has 4 rings (SSSR count). The average Bonchev–Trinajstić information content (AvgIpc) is 3.13. The Kier molecular flexibility index (Phi) is 5.36. The number of esters is 1. The molecule has 136 valence electrons. The van der Waals surface area contributed by atoms with Gasteiger partial charge in [-0.1, -0.05) is 54.2 Å². The Morgan fingerprint density at radius 2 is 1.78 bits per heavy atom. The summed E-state index contributed by atoms with van der Waals surface area (Å²) >= 11 is 3.21. The number of benzene rings is 2. The second kappa shape index (κ2) is 8.06. The van der Waals surface area contributed by atoms with Crippen LogP contribution in [0.5, 0.6) is 0 Å². The predicted octanol–water partition coefficient (Wildman–Crippen LogP) is 5.24. The van der Waals surface area contributed by atoms with Gasteiger partial charge in [-0.25, -0.2) is 4.98 Å². The third-order valence-electron chi connectivity index (χ3n) is 4.18.